The fourth-order valence-electron chi connectivity index (χ4n) is 1.93. The summed E-state index contributed by atoms with van der Waals surface area (Å²) in [7, 11) is 0. The summed E-state index contributed by atoms with van der Waals surface area (Å²) in [5.41, 5.74) is 5.53. The molecule has 0 radical (unpaired) electrons. The van der Waals surface area contributed by atoms with Gasteiger partial charge in [-0.1, -0.05) is 45.2 Å². The molecule has 2 unspecified atom stereocenters. The Bertz CT molecular complexity index is 207. The van der Waals surface area contributed by atoms with Gasteiger partial charge in [0.05, 0.1) is 0 Å². The van der Waals surface area contributed by atoms with Gasteiger partial charge in [0.25, 0.3) is 0 Å². The SMILES string of the molecule is CCCCC(CC)CNC(CC)CC(N)=NO. The first kappa shape index (κ1) is 16.2. The van der Waals surface area contributed by atoms with Crippen LogP contribution in [-0.4, -0.2) is 23.6 Å². The van der Waals surface area contributed by atoms with Crippen LogP contribution in [0.1, 0.15) is 59.3 Å². The van der Waals surface area contributed by atoms with Gasteiger partial charge in [-0.3, -0.25) is 0 Å². The van der Waals surface area contributed by atoms with E-state index in [-0.39, 0.29) is 0 Å². The molecule has 0 heterocycles. The van der Waals surface area contributed by atoms with Gasteiger partial charge in [0.1, 0.15) is 5.84 Å². The Hall–Kier alpha value is -0.770. The molecule has 102 valence electrons. The van der Waals surface area contributed by atoms with Crippen LogP contribution < -0.4 is 11.1 Å². The number of nitrogens with one attached hydrogen (secondary N) is 1. The highest BCUT2D eigenvalue weighted by atomic mass is 16.4. The molecule has 2 atom stereocenters. The maximum Gasteiger partial charge on any atom is 0.140 e. The van der Waals surface area contributed by atoms with E-state index in [1.165, 1.54) is 25.7 Å². The highest BCUT2D eigenvalue weighted by molar-refractivity contribution is 5.80. The Morgan fingerprint density at radius 2 is 2.00 bits per heavy atom. The summed E-state index contributed by atoms with van der Waals surface area (Å²) in [5.74, 6) is 1.06. The molecule has 17 heavy (non-hydrogen) atoms. The van der Waals surface area contributed by atoms with E-state index in [1.54, 1.807) is 0 Å². The van der Waals surface area contributed by atoms with Crippen molar-refractivity contribution in [2.75, 3.05) is 6.54 Å². The van der Waals surface area contributed by atoms with Crippen molar-refractivity contribution in [3.05, 3.63) is 0 Å². The fourth-order valence-corrected chi connectivity index (χ4v) is 1.93. The van der Waals surface area contributed by atoms with Crippen molar-refractivity contribution in [3.63, 3.8) is 0 Å². The molecule has 0 saturated heterocycles. The van der Waals surface area contributed by atoms with E-state index in [9.17, 15) is 0 Å². The van der Waals surface area contributed by atoms with E-state index in [4.69, 9.17) is 10.9 Å². The molecule has 0 bridgehead atoms. The Kier molecular flexibility index (Phi) is 9.92. The molecule has 4 N–H and O–H groups in total. The first-order valence-electron chi connectivity index (χ1n) is 6.87. The number of amidine groups is 1. The minimum absolute atomic E-state index is 0.311. The van der Waals surface area contributed by atoms with Crippen LogP contribution >= 0.6 is 0 Å². The van der Waals surface area contributed by atoms with E-state index in [2.05, 4.69) is 31.2 Å². The quantitative estimate of drug-likeness (QED) is 0.239. The van der Waals surface area contributed by atoms with E-state index in [1.807, 2.05) is 0 Å². The summed E-state index contributed by atoms with van der Waals surface area (Å²) in [6.07, 6.45) is 6.69. The highest BCUT2D eigenvalue weighted by Crippen LogP contribution is 2.12. The molecule has 0 spiro atoms. The second kappa shape index (κ2) is 10.4. The molecule has 0 aliphatic rings. The van der Waals surface area contributed by atoms with Crippen LogP contribution in [0.25, 0.3) is 0 Å². The van der Waals surface area contributed by atoms with Crippen LogP contribution in [0.15, 0.2) is 5.16 Å². The smallest absolute Gasteiger partial charge is 0.140 e. The molecular weight excluding hydrogens is 214 g/mol. The molecule has 0 fully saturated rings. The standard InChI is InChI=1S/C13H29N3O/c1-4-7-8-11(5-2)10-15-12(6-3)9-13(14)16-17/h11-12,15,17H,4-10H2,1-3H3,(H2,14,16). The number of nitrogens with two attached hydrogens (primary N) is 1. The molecule has 0 amide bonds. The first-order valence-corrected chi connectivity index (χ1v) is 6.87. The predicted octanol–water partition coefficient (Wildman–Crippen LogP) is 2.71. The number of unbranched alkanes of at least 4 members (excludes halogenated alkanes) is 1. The summed E-state index contributed by atoms with van der Waals surface area (Å²) in [6, 6.07) is 0.321. The number of hydrogen-bond donors (Lipinski definition) is 3. The number of rotatable bonds is 10. The molecule has 0 aromatic rings. The summed E-state index contributed by atoms with van der Waals surface area (Å²) >= 11 is 0. The van der Waals surface area contributed by atoms with Crippen molar-refractivity contribution in [3.8, 4) is 0 Å². The number of hydrogen-bond acceptors (Lipinski definition) is 3. The minimum Gasteiger partial charge on any atom is -0.409 e. The van der Waals surface area contributed by atoms with Gasteiger partial charge >= 0.3 is 0 Å². The summed E-state index contributed by atoms with van der Waals surface area (Å²) < 4.78 is 0. The van der Waals surface area contributed by atoms with Gasteiger partial charge < -0.3 is 16.3 Å². The van der Waals surface area contributed by atoms with Gasteiger partial charge in [-0.2, -0.15) is 0 Å². The third-order valence-corrected chi connectivity index (χ3v) is 3.32. The van der Waals surface area contributed by atoms with Crippen molar-refractivity contribution >= 4 is 5.84 Å². The van der Waals surface area contributed by atoms with Crippen molar-refractivity contribution < 1.29 is 5.21 Å². The lowest BCUT2D eigenvalue weighted by Gasteiger charge is -2.21. The molecule has 0 aromatic heterocycles. The largest absolute Gasteiger partial charge is 0.409 e. The molecule has 4 heteroatoms. The van der Waals surface area contributed by atoms with Crippen LogP contribution in [0.3, 0.4) is 0 Å². The average molecular weight is 243 g/mol. The third-order valence-electron chi connectivity index (χ3n) is 3.32. The van der Waals surface area contributed by atoms with E-state index < -0.39 is 0 Å². The Labute approximate surface area is 106 Å². The van der Waals surface area contributed by atoms with Gasteiger partial charge in [-0.15, -0.1) is 0 Å². The zero-order valence-electron chi connectivity index (χ0n) is 11.6. The maximum absolute atomic E-state index is 8.55. The first-order chi connectivity index (χ1) is 8.17. The second-order valence-corrected chi connectivity index (χ2v) is 4.73. The minimum atomic E-state index is 0.311. The zero-order chi connectivity index (χ0) is 13.1. The lowest BCUT2D eigenvalue weighted by atomic mass is 9.98. The van der Waals surface area contributed by atoms with E-state index in [0.29, 0.717) is 18.3 Å². The Balaban J connectivity index is 3.93. The summed E-state index contributed by atoms with van der Waals surface area (Å²) in [4.78, 5) is 0. The van der Waals surface area contributed by atoms with Crippen molar-refractivity contribution in [1.82, 2.24) is 5.32 Å². The van der Waals surface area contributed by atoms with Crippen molar-refractivity contribution in [2.45, 2.75) is 65.3 Å². The predicted molar refractivity (Wildman–Crippen MR) is 73.4 cm³/mol. The maximum atomic E-state index is 8.55. The Morgan fingerprint density at radius 3 is 2.47 bits per heavy atom. The fraction of sp³-hybridized carbons (Fsp3) is 0.923. The van der Waals surface area contributed by atoms with Crippen LogP contribution in [-0.2, 0) is 0 Å². The normalized spacial score (nSPS) is 15.8. The average Bonchev–Trinajstić information content (AvgIpc) is 2.37. The van der Waals surface area contributed by atoms with Crippen molar-refractivity contribution in [2.24, 2.45) is 16.8 Å². The van der Waals surface area contributed by atoms with Crippen LogP contribution in [0, 0.1) is 5.92 Å². The lowest BCUT2D eigenvalue weighted by Crippen LogP contribution is -2.36. The highest BCUT2D eigenvalue weighted by Gasteiger charge is 2.11. The molecule has 0 rings (SSSR count). The molecular formula is C13H29N3O. The number of nitrogens with zero attached hydrogens (tertiary/aromatic N) is 1. The van der Waals surface area contributed by atoms with Crippen LogP contribution in [0.4, 0.5) is 0 Å². The molecule has 0 saturated carbocycles. The monoisotopic (exact) mass is 243 g/mol. The van der Waals surface area contributed by atoms with Crippen molar-refractivity contribution in [1.29, 1.82) is 0 Å². The molecule has 4 nitrogen and oxygen atoms in total. The molecule has 0 aliphatic heterocycles. The van der Waals surface area contributed by atoms with E-state index in [0.717, 1.165) is 18.9 Å². The lowest BCUT2D eigenvalue weighted by molar-refractivity contribution is 0.314. The number of oxime groups is 1. The van der Waals surface area contributed by atoms with Gasteiger partial charge in [0.2, 0.25) is 0 Å². The molecule has 0 aliphatic carbocycles. The Morgan fingerprint density at radius 1 is 1.29 bits per heavy atom. The summed E-state index contributed by atoms with van der Waals surface area (Å²) in [5, 5.41) is 15.1. The summed E-state index contributed by atoms with van der Waals surface area (Å²) in [6.45, 7) is 7.63. The van der Waals surface area contributed by atoms with Gasteiger partial charge in [-0.05, 0) is 25.3 Å². The zero-order valence-corrected chi connectivity index (χ0v) is 11.6. The van der Waals surface area contributed by atoms with Crippen LogP contribution in [0.5, 0.6) is 0 Å². The van der Waals surface area contributed by atoms with Crippen LogP contribution in [0.2, 0.25) is 0 Å². The van der Waals surface area contributed by atoms with Gasteiger partial charge in [0.15, 0.2) is 0 Å². The van der Waals surface area contributed by atoms with Gasteiger partial charge in [-0.25, -0.2) is 0 Å². The van der Waals surface area contributed by atoms with E-state index >= 15 is 0 Å². The third kappa shape index (κ3) is 8.02. The topological polar surface area (TPSA) is 70.6 Å². The second-order valence-electron chi connectivity index (χ2n) is 4.73. The van der Waals surface area contributed by atoms with Gasteiger partial charge in [0, 0.05) is 12.5 Å². The molecule has 0 aromatic carbocycles.